The fraction of sp³-hybridized carbons (Fsp3) is 0.250. The molecule has 0 unspecified atom stereocenters. The van der Waals surface area contributed by atoms with E-state index in [0.717, 1.165) is 17.1 Å². The zero-order chi connectivity index (χ0) is 14.2. The lowest BCUT2D eigenvalue weighted by Crippen LogP contribution is -2.03. The van der Waals surface area contributed by atoms with Crippen LogP contribution in [0.4, 0.5) is 13.2 Å². The van der Waals surface area contributed by atoms with Crippen LogP contribution in [0.5, 0.6) is 0 Å². The van der Waals surface area contributed by atoms with E-state index in [0.29, 0.717) is 11.3 Å². The van der Waals surface area contributed by atoms with Gasteiger partial charge < -0.3 is 5.11 Å². The van der Waals surface area contributed by atoms with E-state index < -0.39 is 17.8 Å². The van der Waals surface area contributed by atoms with Gasteiger partial charge in [-0.05, 0) is 24.6 Å². The van der Waals surface area contributed by atoms with Gasteiger partial charge in [0.2, 0.25) is 0 Å². The van der Waals surface area contributed by atoms with Gasteiger partial charge in [-0.3, -0.25) is 0 Å². The number of nitrogens with zero attached hydrogens (tertiary/aromatic N) is 2. The maximum atomic E-state index is 12.5. The molecule has 0 fully saturated rings. The summed E-state index contributed by atoms with van der Waals surface area (Å²) in [6.07, 6.45) is -3.54. The molecule has 0 aliphatic carbocycles. The molecule has 0 radical (unpaired) electrons. The lowest BCUT2D eigenvalue weighted by Gasteiger charge is -2.09. The average molecular weight is 291 g/mol. The summed E-state index contributed by atoms with van der Waals surface area (Å²) in [5.41, 5.74) is 0.0571. The second-order valence-corrected chi connectivity index (χ2v) is 4.47. The summed E-state index contributed by atoms with van der Waals surface area (Å²) in [6.45, 7) is 1.57. The molecule has 1 aromatic carbocycles. The Kier molecular flexibility index (Phi) is 3.56. The maximum Gasteiger partial charge on any atom is 0.419 e. The number of aromatic nitrogens is 2. The molecule has 3 nitrogen and oxygen atoms in total. The molecule has 2 aromatic rings. The molecule has 0 aliphatic heterocycles. The molecule has 1 atom stereocenters. The topological polar surface area (TPSA) is 38.0 Å². The molecule has 2 rings (SSSR count). The molecule has 1 aromatic heterocycles. The van der Waals surface area contributed by atoms with Crippen molar-refractivity contribution < 1.29 is 18.3 Å². The quantitative estimate of drug-likeness (QED) is 0.918. The molecule has 0 saturated carbocycles. The highest BCUT2D eigenvalue weighted by Gasteiger charge is 2.32. The SMILES string of the molecule is C[C@@H](O)c1ccc(-n2cc(C(F)(F)F)cn2)c(Cl)c1. The zero-order valence-electron chi connectivity index (χ0n) is 9.82. The first-order valence-electron chi connectivity index (χ1n) is 5.39. The summed E-state index contributed by atoms with van der Waals surface area (Å²) < 4.78 is 38.5. The van der Waals surface area contributed by atoms with Gasteiger partial charge in [0, 0.05) is 6.20 Å². The van der Waals surface area contributed by atoms with Gasteiger partial charge >= 0.3 is 6.18 Å². The van der Waals surface area contributed by atoms with Crippen molar-refractivity contribution >= 4 is 11.6 Å². The van der Waals surface area contributed by atoms with E-state index in [-0.39, 0.29) is 5.02 Å². The van der Waals surface area contributed by atoms with Gasteiger partial charge in [0.25, 0.3) is 0 Å². The van der Waals surface area contributed by atoms with Crippen molar-refractivity contribution in [2.45, 2.75) is 19.2 Å². The van der Waals surface area contributed by atoms with Gasteiger partial charge in [-0.25, -0.2) is 4.68 Å². The summed E-state index contributed by atoms with van der Waals surface area (Å²) in [6, 6.07) is 4.59. The predicted octanol–water partition coefficient (Wildman–Crippen LogP) is 3.60. The third kappa shape index (κ3) is 2.90. The molecule has 0 amide bonds. The van der Waals surface area contributed by atoms with Crippen molar-refractivity contribution in [3.8, 4) is 5.69 Å². The Morgan fingerprint density at radius 1 is 1.37 bits per heavy atom. The normalized spacial score (nSPS) is 13.6. The Balaban J connectivity index is 2.40. The Labute approximate surface area is 112 Å². The van der Waals surface area contributed by atoms with Gasteiger partial charge in [-0.2, -0.15) is 18.3 Å². The van der Waals surface area contributed by atoms with Crippen LogP contribution in [0.2, 0.25) is 5.02 Å². The average Bonchev–Trinajstić information content (AvgIpc) is 2.77. The highest BCUT2D eigenvalue weighted by atomic mass is 35.5. The molecule has 0 bridgehead atoms. The fourth-order valence-electron chi connectivity index (χ4n) is 1.57. The van der Waals surface area contributed by atoms with E-state index in [1.165, 1.54) is 12.1 Å². The van der Waals surface area contributed by atoms with Crippen LogP contribution in [0, 0.1) is 0 Å². The fourth-order valence-corrected chi connectivity index (χ4v) is 1.85. The lowest BCUT2D eigenvalue weighted by atomic mass is 10.1. The van der Waals surface area contributed by atoms with Crippen molar-refractivity contribution in [2.75, 3.05) is 0 Å². The van der Waals surface area contributed by atoms with Gasteiger partial charge in [-0.15, -0.1) is 0 Å². The molecule has 7 heteroatoms. The van der Waals surface area contributed by atoms with Crippen LogP contribution in [0.3, 0.4) is 0 Å². The molecule has 0 spiro atoms. The lowest BCUT2D eigenvalue weighted by molar-refractivity contribution is -0.137. The molecule has 102 valence electrons. The minimum atomic E-state index is -4.44. The van der Waals surface area contributed by atoms with Gasteiger partial charge in [-0.1, -0.05) is 17.7 Å². The van der Waals surface area contributed by atoms with Gasteiger partial charge in [0.1, 0.15) is 0 Å². The summed E-state index contributed by atoms with van der Waals surface area (Å²) in [4.78, 5) is 0. The van der Waals surface area contributed by atoms with E-state index in [4.69, 9.17) is 11.6 Å². The second-order valence-electron chi connectivity index (χ2n) is 4.06. The van der Waals surface area contributed by atoms with Crippen LogP contribution in [-0.2, 0) is 6.18 Å². The predicted molar refractivity (Wildman–Crippen MR) is 64.2 cm³/mol. The van der Waals surface area contributed by atoms with E-state index in [2.05, 4.69) is 5.10 Å². The monoisotopic (exact) mass is 290 g/mol. The largest absolute Gasteiger partial charge is 0.419 e. The third-order valence-electron chi connectivity index (χ3n) is 2.61. The van der Waals surface area contributed by atoms with Crippen molar-refractivity contribution in [3.63, 3.8) is 0 Å². The Bertz CT molecular complexity index is 593. The molecular formula is C12H10ClF3N2O. The highest BCUT2D eigenvalue weighted by molar-refractivity contribution is 6.32. The number of hydrogen-bond acceptors (Lipinski definition) is 2. The van der Waals surface area contributed by atoms with E-state index in [9.17, 15) is 18.3 Å². The number of hydrogen-bond donors (Lipinski definition) is 1. The van der Waals surface area contributed by atoms with Crippen LogP contribution in [0.25, 0.3) is 5.69 Å². The highest BCUT2D eigenvalue weighted by Crippen LogP contribution is 2.30. The molecule has 19 heavy (non-hydrogen) atoms. The summed E-state index contributed by atoms with van der Waals surface area (Å²) in [7, 11) is 0. The molecule has 0 aliphatic rings. The summed E-state index contributed by atoms with van der Waals surface area (Å²) in [5, 5.41) is 13.2. The number of aliphatic hydroxyl groups is 1. The number of rotatable bonds is 2. The van der Waals surface area contributed by atoms with Crippen molar-refractivity contribution in [1.29, 1.82) is 0 Å². The van der Waals surface area contributed by atoms with E-state index in [1.54, 1.807) is 13.0 Å². The van der Waals surface area contributed by atoms with Crippen LogP contribution < -0.4 is 0 Å². The Morgan fingerprint density at radius 2 is 2.05 bits per heavy atom. The number of benzene rings is 1. The van der Waals surface area contributed by atoms with Crippen LogP contribution >= 0.6 is 11.6 Å². The van der Waals surface area contributed by atoms with Crippen LogP contribution in [-0.4, -0.2) is 14.9 Å². The minimum absolute atomic E-state index is 0.218. The summed E-state index contributed by atoms with van der Waals surface area (Å²) in [5.74, 6) is 0. The number of halogens is 4. The number of alkyl halides is 3. The molecular weight excluding hydrogens is 281 g/mol. The standard InChI is InChI=1S/C12H10ClF3N2O/c1-7(19)8-2-3-11(10(13)4-8)18-6-9(5-17-18)12(14,15)16/h2-7,19H,1H3/t7-/m1/s1. The maximum absolute atomic E-state index is 12.5. The van der Waals surface area contributed by atoms with Gasteiger partial charge in [0.05, 0.1) is 28.6 Å². The first-order valence-corrected chi connectivity index (χ1v) is 5.76. The smallest absolute Gasteiger partial charge is 0.389 e. The Hall–Kier alpha value is -1.53. The molecule has 1 N–H and O–H groups in total. The second kappa shape index (κ2) is 4.86. The van der Waals surface area contributed by atoms with Gasteiger partial charge in [0.15, 0.2) is 0 Å². The van der Waals surface area contributed by atoms with Crippen molar-refractivity contribution in [1.82, 2.24) is 9.78 Å². The molecule has 1 heterocycles. The minimum Gasteiger partial charge on any atom is -0.389 e. The van der Waals surface area contributed by atoms with Crippen molar-refractivity contribution in [3.05, 3.63) is 46.7 Å². The third-order valence-corrected chi connectivity index (χ3v) is 2.91. The summed E-state index contributed by atoms with van der Waals surface area (Å²) >= 11 is 5.98. The van der Waals surface area contributed by atoms with E-state index >= 15 is 0 Å². The number of aliphatic hydroxyl groups excluding tert-OH is 1. The Morgan fingerprint density at radius 3 is 2.53 bits per heavy atom. The van der Waals surface area contributed by atoms with Crippen LogP contribution in [0.1, 0.15) is 24.2 Å². The zero-order valence-corrected chi connectivity index (χ0v) is 10.6. The van der Waals surface area contributed by atoms with E-state index in [1.807, 2.05) is 0 Å². The first-order chi connectivity index (χ1) is 8.79. The molecule has 0 saturated heterocycles. The first kappa shape index (κ1) is 13.9. The van der Waals surface area contributed by atoms with Crippen LogP contribution in [0.15, 0.2) is 30.6 Å². The van der Waals surface area contributed by atoms with Crippen molar-refractivity contribution in [2.24, 2.45) is 0 Å².